The van der Waals surface area contributed by atoms with Crippen LogP contribution in [0.15, 0.2) is 48.5 Å². The van der Waals surface area contributed by atoms with Crippen molar-refractivity contribution in [3.05, 3.63) is 59.7 Å². The zero-order chi connectivity index (χ0) is 25.2. The Balaban J connectivity index is 1.43. The predicted molar refractivity (Wildman–Crippen MR) is 129 cm³/mol. The summed E-state index contributed by atoms with van der Waals surface area (Å²) in [6.45, 7) is 0.311. The highest BCUT2D eigenvalue weighted by Gasteiger charge is 2.35. The number of carboxylic acids is 1. The average Bonchev–Trinajstić information content (AvgIpc) is 3.43. The number of hydrogen-bond donors (Lipinski definition) is 2. The van der Waals surface area contributed by atoms with E-state index in [0.29, 0.717) is 6.42 Å². The molecular weight excluding hydrogens is 472 g/mol. The van der Waals surface area contributed by atoms with Gasteiger partial charge in [-0.1, -0.05) is 48.5 Å². The van der Waals surface area contributed by atoms with Gasteiger partial charge in [0.2, 0.25) is 5.91 Å². The number of carbonyl (C=O) groups is 3. The van der Waals surface area contributed by atoms with Gasteiger partial charge in [0.05, 0.1) is 11.7 Å². The van der Waals surface area contributed by atoms with Crippen LogP contribution in [0.1, 0.15) is 29.9 Å². The molecule has 2 amide bonds. The van der Waals surface area contributed by atoms with Gasteiger partial charge in [-0.25, -0.2) is 13.2 Å². The Morgan fingerprint density at radius 2 is 1.69 bits per heavy atom. The molecule has 0 radical (unpaired) electrons. The van der Waals surface area contributed by atoms with Crippen LogP contribution in [0, 0.1) is 5.92 Å². The molecule has 1 aliphatic carbocycles. The van der Waals surface area contributed by atoms with Gasteiger partial charge in [-0.3, -0.25) is 9.59 Å². The first-order chi connectivity index (χ1) is 16.6. The maximum absolute atomic E-state index is 13.0. The summed E-state index contributed by atoms with van der Waals surface area (Å²) in [5.74, 6) is -2.64. The zero-order valence-corrected chi connectivity index (χ0v) is 20.2. The van der Waals surface area contributed by atoms with Crippen molar-refractivity contribution >= 4 is 27.8 Å². The molecule has 35 heavy (non-hydrogen) atoms. The van der Waals surface area contributed by atoms with Crippen LogP contribution in [0.25, 0.3) is 11.1 Å². The van der Waals surface area contributed by atoms with E-state index in [0.717, 1.165) is 28.5 Å². The number of ether oxygens (including phenoxy) is 1. The van der Waals surface area contributed by atoms with Crippen LogP contribution in [0.3, 0.4) is 0 Å². The number of benzene rings is 2. The third kappa shape index (κ3) is 5.64. The molecule has 2 aromatic rings. The summed E-state index contributed by atoms with van der Waals surface area (Å²) >= 11 is 0. The lowest BCUT2D eigenvalue weighted by Gasteiger charge is -2.24. The quantitative estimate of drug-likeness (QED) is 0.569. The highest BCUT2D eigenvalue weighted by molar-refractivity contribution is 7.90. The number of fused-ring (bicyclic) bond motifs is 3. The van der Waals surface area contributed by atoms with Gasteiger partial charge in [0.15, 0.2) is 0 Å². The zero-order valence-electron chi connectivity index (χ0n) is 19.3. The number of likely N-dealkylation sites (tertiary alicyclic amines) is 1. The fraction of sp³-hybridized carbons (Fsp3) is 0.400. The topological polar surface area (TPSA) is 130 Å². The molecule has 10 heteroatoms. The lowest BCUT2D eigenvalue weighted by atomic mass is 9.98. The normalized spacial score (nSPS) is 18.0. The first-order valence-corrected chi connectivity index (χ1v) is 13.5. The van der Waals surface area contributed by atoms with E-state index in [4.69, 9.17) is 4.74 Å². The van der Waals surface area contributed by atoms with Crippen LogP contribution in [-0.2, 0) is 24.2 Å². The predicted octanol–water partition coefficient (Wildman–Crippen LogP) is 2.26. The number of aliphatic carboxylic acids is 1. The summed E-state index contributed by atoms with van der Waals surface area (Å²) in [6, 6.07) is 14.7. The van der Waals surface area contributed by atoms with Gasteiger partial charge in [0.25, 0.3) is 0 Å². The maximum atomic E-state index is 13.0. The number of hydrogen-bond acceptors (Lipinski definition) is 6. The first kappa shape index (κ1) is 24.7. The van der Waals surface area contributed by atoms with E-state index >= 15 is 0 Å². The van der Waals surface area contributed by atoms with Crippen LogP contribution in [-0.4, -0.2) is 74.1 Å². The summed E-state index contributed by atoms with van der Waals surface area (Å²) < 4.78 is 28.9. The van der Waals surface area contributed by atoms with Gasteiger partial charge in [0.1, 0.15) is 22.5 Å². The molecule has 4 rings (SSSR count). The number of alkyl carbamates (subject to hydrolysis) is 1. The molecule has 2 aliphatic rings. The molecule has 0 saturated carbocycles. The molecule has 9 nitrogen and oxygen atoms in total. The molecule has 1 fully saturated rings. The smallest absolute Gasteiger partial charge is 0.407 e. The Bertz CT molecular complexity index is 1200. The van der Waals surface area contributed by atoms with Crippen LogP contribution in [0.2, 0.25) is 0 Å². The van der Waals surface area contributed by atoms with Gasteiger partial charge < -0.3 is 20.1 Å². The molecule has 1 heterocycles. The monoisotopic (exact) mass is 500 g/mol. The maximum Gasteiger partial charge on any atom is 0.407 e. The molecule has 0 bridgehead atoms. The van der Waals surface area contributed by atoms with Crippen molar-refractivity contribution in [2.75, 3.05) is 31.7 Å². The van der Waals surface area contributed by atoms with E-state index in [2.05, 4.69) is 5.32 Å². The van der Waals surface area contributed by atoms with Crippen molar-refractivity contribution in [1.82, 2.24) is 10.2 Å². The lowest BCUT2D eigenvalue weighted by Crippen LogP contribution is -2.49. The van der Waals surface area contributed by atoms with E-state index in [1.54, 1.807) is 0 Å². The standard InChI is InChI=1S/C25H28N2O7S/c1-35(32,33)13-11-22(23(28)27-12-10-16(14-27)24(29)30)26-25(31)34-15-21-19-8-4-2-6-17(19)18-7-3-5-9-20(18)21/h2-9,16,21-22H,10-15H2,1H3,(H,26,31)(H,29,30). The molecule has 2 aromatic carbocycles. The molecule has 186 valence electrons. The van der Waals surface area contributed by atoms with Crippen LogP contribution < -0.4 is 5.32 Å². The van der Waals surface area contributed by atoms with E-state index in [-0.39, 0.29) is 37.8 Å². The van der Waals surface area contributed by atoms with E-state index in [1.165, 1.54) is 4.90 Å². The second-order valence-corrected chi connectivity index (χ2v) is 11.3. The first-order valence-electron chi connectivity index (χ1n) is 11.4. The summed E-state index contributed by atoms with van der Waals surface area (Å²) in [7, 11) is -3.39. The molecule has 2 unspecified atom stereocenters. The lowest BCUT2D eigenvalue weighted by molar-refractivity contribution is -0.141. The largest absolute Gasteiger partial charge is 0.481 e. The highest BCUT2D eigenvalue weighted by atomic mass is 32.2. The second-order valence-electron chi connectivity index (χ2n) is 9.05. The summed E-state index contributed by atoms with van der Waals surface area (Å²) in [5, 5.41) is 11.7. The summed E-state index contributed by atoms with van der Waals surface area (Å²) in [5.41, 5.74) is 4.26. The number of nitrogens with one attached hydrogen (secondary N) is 1. The number of carboxylic acid groups (broad SMARTS) is 1. The van der Waals surface area contributed by atoms with Crippen molar-refractivity contribution in [1.29, 1.82) is 0 Å². The Labute approximate surface area is 204 Å². The van der Waals surface area contributed by atoms with Gasteiger partial charge in [-0.15, -0.1) is 0 Å². The third-order valence-corrected chi connectivity index (χ3v) is 7.54. The third-order valence-electron chi connectivity index (χ3n) is 6.56. The summed E-state index contributed by atoms with van der Waals surface area (Å²) in [6.07, 6.45) is 0.409. The Morgan fingerprint density at radius 1 is 1.09 bits per heavy atom. The van der Waals surface area contributed by atoms with Crippen molar-refractivity contribution in [2.24, 2.45) is 5.92 Å². The number of amides is 2. The fourth-order valence-electron chi connectivity index (χ4n) is 4.75. The van der Waals surface area contributed by atoms with E-state index < -0.39 is 39.8 Å². The molecule has 2 N–H and O–H groups in total. The van der Waals surface area contributed by atoms with Crippen molar-refractivity contribution < 1.29 is 32.6 Å². The van der Waals surface area contributed by atoms with Crippen molar-refractivity contribution in [3.8, 4) is 11.1 Å². The van der Waals surface area contributed by atoms with E-state index in [9.17, 15) is 27.9 Å². The van der Waals surface area contributed by atoms with Crippen LogP contribution in [0.4, 0.5) is 4.79 Å². The number of sulfone groups is 1. The molecule has 2 atom stereocenters. The second kappa shape index (κ2) is 10.1. The minimum absolute atomic E-state index is 0.0237. The Kier molecular flexibility index (Phi) is 7.11. The molecular formula is C25H28N2O7S. The van der Waals surface area contributed by atoms with Gasteiger partial charge >= 0.3 is 12.1 Å². The number of rotatable bonds is 8. The molecule has 0 aromatic heterocycles. The average molecular weight is 501 g/mol. The highest BCUT2D eigenvalue weighted by Crippen LogP contribution is 2.44. The van der Waals surface area contributed by atoms with Crippen LogP contribution >= 0.6 is 0 Å². The van der Waals surface area contributed by atoms with Gasteiger partial charge in [-0.05, 0) is 35.1 Å². The van der Waals surface area contributed by atoms with E-state index in [1.807, 2.05) is 48.5 Å². The molecule has 1 saturated heterocycles. The number of nitrogens with zero attached hydrogens (tertiary/aromatic N) is 1. The minimum atomic E-state index is -3.39. The summed E-state index contributed by atoms with van der Waals surface area (Å²) in [4.78, 5) is 38.3. The Hall–Kier alpha value is -3.40. The SMILES string of the molecule is CS(=O)(=O)CCC(NC(=O)OCC1c2ccccc2-c2ccccc21)C(=O)N1CCC(C(=O)O)C1. The molecule has 1 aliphatic heterocycles. The number of carbonyl (C=O) groups excluding carboxylic acids is 2. The van der Waals surface area contributed by atoms with Crippen molar-refractivity contribution in [2.45, 2.75) is 24.8 Å². The van der Waals surface area contributed by atoms with Gasteiger partial charge in [-0.2, -0.15) is 0 Å². The van der Waals surface area contributed by atoms with Crippen molar-refractivity contribution in [3.63, 3.8) is 0 Å². The van der Waals surface area contributed by atoms with Crippen LogP contribution in [0.5, 0.6) is 0 Å². The minimum Gasteiger partial charge on any atom is -0.481 e. The fourth-order valence-corrected chi connectivity index (χ4v) is 5.42. The van der Waals surface area contributed by atoms with Gasteiger partial charge in [0, 0.05) is 25.3 Å². The Morgan fingerprint density at radius 3 is 2.23 bits per heavy atom. The molecule has 0 spiro atoms.